The summed E-state index contributed by atoms with van der Waals surface area (Å²) in [5, 5.41) is 10.6. The van der Waals surface area contributed by atoms with Crippen LogP contribution in [-0.4, -0.2) is 68.1 Å². The number of fused-ring (bicyclic) bond motifs is 4. The van der Waals surface area contributed by atoms with Crippen LogP contribution in [-0.2, 0) is 11.2 Å². The Hall–Kier alpha value is -5.18. The summed E-state index contributed by atoms with van der Waals surface area (Å²) >= 11 is 1.22. The number of H-pyrrole nitrogens is 1. The monoisotopic (exact) mass is 618 g/mol. The molecule has 1 aromatic carbocycles. The molecule has 1 aliphatic heterocycles. The average Bonchev–Trinajstić information content (AvgIpc) is 3.70. The summed E-state index contributed by atoms with van der Waals surface area (Å²) in [6.07, 6.45) is 3.78. The molecule has 0 saturated heterocycles. The quantitative estimate of drug-likeness (QED) is 0.263. The average molecular weight is 619 g/mol. The zero-order valence-electron chi connectivity index (χ0n) is 23.9. The summed E-state index contributed by atoms with van der Waals surface area (Å²) in [5.74, 6) is -2.32. The lowest BCUT2D eigenvalue weighted by Gasteiger charge is -2.25. The van der Waals surface area contributed by atoms with Crippen molar-refractivity contribution in [2.24, 2.45) is 5.92 Å². The lowest BCUT2D eigenvalue weighted by Crippen LogP contribution is -2.46. The SMILES string of the molecule is CC(C)[C@@H]1NC(=O)CN(C(=O)c2cnc[nH]c2=O)CCNC(=O)c2coc(n2)[C@H](Cc2ccccc2)NC(=O)c2csc1n2. The Morgan fingerprint density at radius 2 is 1.86 bits per heavy atom. The number of hydrogen-bond acceptors (Lipinski definition) is 10. The van der Waals surface area contributed by atoms with E-state index in [0.717, 1.165) is 23.0 Å². The third-order valence-corrected chi connectivity index (χ3v) is 7.81. The smallest absolute Gasteiger partial charge is 0.273 e. The molecular formula is C29H30N8O6S. The number of nitrogens with zero attached hydrogens (tertiary/aromatic N) is 4. The Morgan fingerprint density at radius 3 is 2.61 bits per heavy atom. The van der Waals surface area contributed by atoms with Crippen LogP contribution in [0.1, 0.15) is 73.7 Å². The number of carbonyl (C=O) groups excluding carboxylic acids is 4. The van der Waals surface area contributed by atoms with Crippen molar-refractivity contribution >= 4 is 35.0 Å². The van der Waals surface area contributed by atoms with E-state index in [1.807, 2.05) is 44.2 Å². The number of thiazole rings is 1. The maximum atomic E-state index is 13.4. The molecule has 228 valence electrons. The summed E-state index contributed by atoms with van der Waals surface area (Å²) in [7, 11) is 0. The van der Waals surface area contributed by atoms with Crippen LogP contribution in [0.3, 0.4) is 0 Å². The van der Waals surface area contributed by atoms with Crippen molar-refractivity contribution in [1.29, 1.82) is 0 Å². The number of carbonyl (C=O) groups is 4. The molecule has 44 heavy (non-hydrogen) atoms. The first-order valence-electron chi connectivity index (χ1n) is 13.8. The summed E-state index contributed by atoms with van der Waals surface area (Å²) in [6, 6.07) is 8.14. The van der Waals surface area contributed by atoms with Gasteiger partial charge in [0.2, 0.25) is 11.8 Å². The Morgan fingerprint density at radius 1 is 1.07 bits per heavy atom. The Balaban J connectivity index is 1.48. The van der Waals surface area contributed by atoms with E-state index in [1.165, 1.54) is 17.6 Å². The van der Waals surface area contributed by atoms with Gasteiger partial charge in [0.15, 0.2) is 5.69 Å². The van der Waals surface area contributed by atoms with Crippen LogP contribution in [0.15, 0.2) is 63.7 Å². The van der Waals surface area contributed by atoms with Crippen LogP contribution in [0.4, 0.5) is 0 Å². The predicted octanol–water partition coefficient (Wildman–Crippen LogP) is 1.63. The molecule has 0 aliphatic carbocycles. The van der Waals surface area contributed by atoms with Crippen molar-refractivity contribution in [2.45, 2.75) is 32.4 Å². The fourth-order valence-corrected chi connectivity index (χ4v) is 5.61. The number of aromatic amines is 1. The van der Waals surface area contributed by atoms with Gasteiger partial charge in [0, 0.05) is 31.1 Å². The molecule has 14 nitrogen and oxygen atoms in total. The van der Waals surface area contributed by atoms with Gasteiger partial charge in [-0.1, -0.05) is 44.2 Å². The van der Waals surface area contributed by atoms with Gasteiger partial charge in [-0.3, -0.25) is 24.0 Å². The molecule has 0 fully saturated rings. The van der Waals surface area contributed by atoms with Crippen molar-refractivity contribution in [3.63, 3.8) is 0 Å². The highest BCUT2D eigenvalue weighted by molar-refractivity contribution is 7.09. The van der Waals surface area contributed by atoms with E-state index >= 15 is 0 Å². The number of amides is 4. The summed E-state index contributed by atoms with van der Waals surface area (Å²) in [5.41, 5.74) is 0.0886. The number of hydrogen-bond donors (Lipinski definition) is 4. The van der Waals surface area contributed by atoms with E-state index in [2.05, 4.69) is 35.9 Å². The highest BCUT2D eigenvalue weighted by atomic mass is 32.1. The first kappa shape index (κ1) is 30.3. The van der Waals surface area contributed by atoms with E-state index in [0.29, 0.717) is 11.4 Å². The molecule has 0 saturated carbocycles. The van der Waals surface area contributed by atoms with Gasteiger partial charge in [-0.2, -0.15) is 0 Å². The molecule has 2 atom stereocenters. The second kappa shape index (κ2) is 13.4. The van der Waals surface area contributed by atoms with Crippen molar-refractivity contribution in [3.05, 3.63) is 98.3 Å². The largest absolute Gasteiger partial charge is 0.446 e. The number of oxazole rings is 1. The molecule has 4 N–H and O–H groups in total. The fraction of sp³-hybridized carbons (Fsp3) is 0.310. The zero-order valence-corrected chi connectivity index (χ0v) is 24.7. The lowest BCUT2D eigenvalue weighted by atomic mass is 10.0. The maximum absolute atomic E-state index is 13.4. The number of benzene rings is 1. The van der Waals surface area contributed by atoms with E-state index in [9.17, 15) is 24.0 Å². The first-order chi connectivity index (χ1) is 21.2. The number of rotatable bonds is 4. The van der Waals surface area contributed by atoms with Gasteiger partial charge >= 0.3 is 0 Å². The van der Waals surface area contributed by atoms with Crippen molar-refractivity contribution in [3.8, 4) is 0 Å². The molecular weight excluding hydrogens is 588 g/mol. The standard InChI is InChI=1S/C29H30N8O6S/c1-16(2)23-28-35-21(14-44-28)26(41)33-19(10-17-6-4-3-5-7-17)27-34-20(13-43-27)25(40)31-8-9-37(12-22(38)36-23)29(42)18-11-30-15-32-24(18)39/h3-7,11,13-16,19,23H,8-10,12H2,1-2H3,(H,31,40)(H,33,41)(H,36,38)(H,30,32,39)/t19-,23-/m0/s1. The third kappa shape index (κ3) is 7.06. The molecule has 1 aliphatic rings. The molecule has 4 bridgehead atoms. The van der Waals surface area contributed by atoms with E-state index in [-0.39, 0.29) is 41.8 Å². The lowest BCUT2D eigenvalue weighted by molar-refractivity contribution is -0.122. The van der Waals surface area contributed by atoms with Crippen molar-refractivity contribution in [2.75, 3.05) is 19.6 Å². The van der Waals surface area contributed by atoms with Crippen LogP contribution in [0, 0.1) is 5.92 Å². The molecule has 0 spiro atoms. The van der Waals surface area contributed by atoms with E-state index in [1.54, 1.807) is 5.38 Å². The van der Waals surface area contributed by atoms with E-state index < -0.39 is 47.8 Å². The highest BCUT2D eigenvalue weighted by Gasteiger charge is 2.29. The molecule has 4 aromatic rings. The van der Waals surface area contributed by atoms with Crippen molar-refractivity contribution in [1.82, 2.24) is 40.8 Å². The van der Waals surface area contributed by atoms with Gasteiger partial charge in [-0.15, -0.1) is 11.3 Å². The second-order valence-corrected chi connectivity index (χ2v) is 11.3. The second-order valence-electron chi connectivity index (χ2n) is 10.4. The molecule has 5 rings (SSSR count). The minimum absolute atomic E-state index is 0.0385. The van der Waals surface area contributed by atoms with Gasteiger partial charge in [0.25, 0.3) is 23.3 Å². The highest BCUT2D eigenvalue weighted by Crippen LogP contribution is 2.26. The minimum atomic E-state index is -0.736. The minimum Gasteiger partial charge on any atom is -0.446 e. The van der Waals surface area contributed by atoms with Gasteiger partial charge in [0.1, 0.15) is 28.6 Å². The summed E-state index contributed by atoms with van der Waals surface area (Å²) in [6.45, 7) is 3.20. The molecule has 4 heterocycles. The fourth-order valence-electron chi connectivity index (χ4n) is 4.59. The van der Waals surface area contributed by atoms with Gasteiger partial charge < -0.3 is 30.3 Å². The molecule has 3 aromatic heterocycles. The normalized spacial score (nSPS) is 18.2. The van der Waals surface area contributed by atoms with E-state index in [4.69, 9.17) is 4.42 Å². The zero-order chi connectivity index (χ0) is 31.2. The Labute approximate surface area is 255 Å². The van der Waals surface area contributed by atoms with Crippen molar-refractivity contribution < 1.29 is 23.6 Å². The molecule has 0 radical (unpaired) electrons. The number of nitrogens with one attached hydrogen (secondary N) is 4. The molecule has 0 unspecified atom stereocenters. The number of aromatic nitrogens is 4. The Kier molecular flexibility index (Phi) is 9.23. The topological polar surface area (TPSA) is 192 Å². The Bertz CT molecular complexity index is 1720. The first-order valence-corrected chi connectivity index (χ1v) is 14.7. The molecule has 4 amide bonds. The van der Waals surface area contributed by atoms with Crippen LogP contribution in [0.25, 0.3) is 0 Å². The van der Waals surface area contributed by atoms with Crippen LogP contribution in [0.5, 0.6) is 0 Å². The van der Waals surface area contributed by atoms with Gasteiger partial charge in [-0.25, -0.2) is 15.0 Å². The maximum Gasteiger partial charge on any atom is 0.273 e. The van der Waals surface area contributed by atoms with Crippen LogP contribution >= 0.6 is 11.3 Å². The molecule has 15 heteroatoms. The third-order valence-electron chi connectivity index (χ3n) is 6.88. The summed E-state index contributed by atoms with van der Waals surface area (Å²) < 4.78 is 5.64. The van der Waals surface area contributed by atoms with Gasteiger partial charge in [-0.05, 0) is 11.5 Å². The van der Waals surface area contributed by atoms with Crippen LogP contribution in [0.2, 0.25) is 0 Å². The predicted molar refractivity (Wildman–Crippen MR) is 158 cm³/mol. The van der Waals surface area contributed by atoms with Crippen LogP contribution < -0.4 is 21.5 Å². The van der Waals surface area contributed by atoms with Gasteiger partial charge in [0.05, 0.1) is 18.9 Å². The summed E-state index contributed by atoms with van der Waals surface area (Å²) in [4.78, 5) is 81.3.